The largest absolute Gasteiger partial charge is 0.508 e. The number of carbonyl (C=O) groups is 4. The monoisotopic (exact) mass is 619 g/mol. The lowest BCUT2D eigenvalue weighted by Gasteiger charge is -2.06. The van der Waals surface area contributed by atoms with Gasteiger partial charge >= 0.3 is 25.5 Å². The summed E-state index contributed by atoms with van der Waals surface area (Å²) in [5.74, 6) is -2.19. The first-order valence-corrected chi connectivity index (χ1v) is 12.9. The number of aliphatic hydroxyl groups is 1. The zero-order valence-corrected chi connectivity index (χ0v) is 24.5. The molecule has 0 atom stereocenters. The fraction of sp³-hybridized carbons (Fsp3) is 0.429. The third-order valence-electron chi connectivity index (χ3n) is 4.75. The van der Waals surface area contributed by atoms with E-state index in [-0.39, 0.29) is 72.2 Å². The van der Waals surface area contributed by atoms with E-state index in [0.717, 1.165) is 11.6 Å². The number of halogens is 3. The van der Waals surface area contributed by atoms with Crippen molar-refractivity contribution in [3.8, 4) is 23.0 Å². The van der Waals surface area contributed by atoms with Crippen LogP contribution in [0, 0.1) is 13.8 Å². The summed E-state index contributed by atoms with van der Waals surface area (Å²) >= 11 is 0. The molecule has 0 aliphatic carbocycles. The standard InChI is InChI=1S/C12H14O5.C7H8O2.C5H6O3.C2H5BF.C2H6O.F2/c1-7-5-8(11(15)6-10(7)14)9(13)3-2-4-12(16)17;1-5-2-3-6(8)4-7(5)9;6-4-2-1-3-5(7)8-4;1-2-3-4;1-2-3;1-2/h5-6,14-15H,2-4H2,1H3,(H,16,17);2-4,8-9H,1H3;1-3H2;2H2,1H3;3H,2H2,1H3;. The van der Waals surface area contributed by atoms with Gasteiger partial charge in [-0.3, -0.25) is 19.2 Å². The van der Waals surface area contributed by atoms with E-state index in [2.05, 4.69) is 4.74 Å². The Morgan fingerprint density at radius 2 is 1.35 bits per heavy atom. The van der Waals surface area contributed by atoms with Gasteiger partial charge in [0.2, 0.25) is 0 Å². The summed E-state index contributed by atoms with van der Waals surface area (Å²) in [6.07, 6.45) is 2.18. The molecule has 2 aromatic carbocycles. The number of ether oxygens (including phenoxy) is 1. The van der Waals surface area contributed by atoms with E-state index < -0.39 is 5.97 Å². The summed E-state index contributed by atoms with van der Waals surface area (Å²) in [5, 5.41) is 52.5. The van der Waals surface area contributed by atoms with Crippen LogP contribution >= 0.6 is 0 Å². The minimum atomic E-state index is -0.955. The number of phenolic OH excluding ortho intramolecular Hbond substituents is 4. The van der Waals surface area contributed by atoms with Gasteiger partial charge in [0, 0.05) is 53.6 Å². The zero-order chi connectivity index (χ0) is 34.0. The lowest BCUT2D eigenvalue weighted by molar-refractivity contribution is -0.163. The Labute approximate surface area is 248 Å². The fourth-order valence-corrected chi connectivity index (χ4v) is 2.65. The summed E-state index contributed by atoms with van der Waals surface area (Å²) in [6, 6.07) is 7.02. The lowest BCUT2D eigenvalue weighted by Crippen LogP contribution is -2.17. The van der Waals surface area contributed by atoms with Crippen LogP contribution in [0.25, 0.3) is 0 Å². The predicted octanol–water partition coefficient (Wildman–Crippen LogP) is 5.34. The smallest absolute Gasteiger partial charge is 0.354 e. The Morgan fingerprint density at radius 1 is 0.860 bits per heavy atom. The molecule has 15 heteroatoms. The molecule has 1 aliphatic rings. The average Bonchev–Trinajstić information content (AvgIpc) is 2.95. The van der Waals surface area contributed by atoms with Gasteiger partial charge in [0.25, 0.3) is 0 Å². The van der Waals surface area contributed by atoms with Crippen molar-refractivity contribution in [2.45, 2.75) is 72.5 Å². The highest BCUT2D eigenvalue weighted by Crippen LogP contribution is 2.28. The second-order valence-corrected chi connectivity index (χ2v) is 8.38. The van der Waals surface area contributed by atoms with Gasteiger partial charge in [-0.25, -0.2) is 0 Å². The number of hydrogen-bond donors (Lipinski definition) is 6. The second-order valence-electron chi connectivity index (χ2n) is 8.38. The normalized spacial score (nSPS) is 11.0. The number of hydrogen-bond acceptors (Lipinski definition) is 10. The number of aliphatic carboxylic acids is 1. The van der Waals surface area contributed by atoms with E-state index in [9.17, 15) is 33.7 Å². The number of aryl methyl sites for hydroxylation is 2. The molecular weight excluding hydrogens is 580 g/mol. The number of carboxylic acids is 1. The SMILES string of the molecule is CCO.CC[B]F.Cc1cc(C(=O)CCCC(=O)O)c(O)cc1O.Cc1ccc(O)cc1O.FF.O=C1CCCC(=O)O1. The minimum Gasteiger partial charge on any atom is -0.508 e. The minimum absolute atomic E-state index is 0.0596. The lowest BCUT2D eigenvalue weighted by atomic mass is 10.0. The predicted molar refractivity (Wildman–Crippen MR) is 152 cm³/mol. The number of ketones is 1. The van der Waals surface area contributed by atoms with E-state index in [4.69, 9.17) is 29.6 Å². The molecule has 11 nitrogen and oxygen atoms in total. The molecule has 2 aromatic rings. The molecule has 0 aromatic heterocycles. The van der Waals surface area contributed by atoms with Crippen LogP contribution in [-0.2, 0) is 19.1 Å². The van der Waals surface area contributed by atoms with E-state index in [1.165, 1.54) is 18.2 Å². The third kappa shape index (κ3) is 23.0. The van der Waals surface area contributed by atoms with Gasteiger partial charge < -0.3 is 39.7 Å². The molecule has 1 heterocycles. The Morgan fingerprint density at radius 3 is 1.72 bits per heavy atom. The number of aliphatic hydroxyl groups excluding tert-OH is 1. The third-order valence-corrected chi connectivity index (χ3v) is 4.75. The molecule has 0 unspecified atom stereocenters. The maximum Gasteiger partial charge on any atom is 0.354 e. The summed E-state index contributed by atoms with van der Waals surface area (Å²) < 4.78 is 30.8. The number of esters is 2. The first-order valence-electron chi connectivity index (χ1n) is 12.9. The van der Waals surface area contributed by atoms with Crippen LogP contribution in [0.15, 0.2) is 30.3 Å². The number of cyclic esters (lactones) is 2. The molecule has 1 saturated heterocycles. The topological polar surface area (TPSA) is 199 Å². The number of carboxylic acid groups (broad SMARTS) is 1. The maximum absolute atomic E-state index is 11.7. The van der Waals surface area contributed by atoms with Crippen molar-refractivity contribution < 1.29 is 68.0 Å². The molecule has 0 amide bonds. The highest BCUT2D eigenvalue weighted by Gasteiger charge is 2.16. The van der Waals surface area contributed by atoms with E-state index in [1.54, 1.807) is 33.8 Å². The molecule has 3 rings (SSSR count). The first kappa shape index (κ1) is 43.2. The van der Waals surface area contributed by atoms with Crippen molar-refractivity contribution in [3.63, 3.8) is 0 Å². The molecule has 1 fully saturated rings. The van der Waals surface area contributed by atoms with Crippen molar-refractivity contribution in [1.29, 1.82) is 0 Å². The molecule has 0 bridgehead atoms. The molecule has 6 N–H and O–H groups in total. The number of aromatic hydroxyl groups is 4. The number of carbonyl (C=O) groups excluding carboxylic acids is 3. The second kappa shape index (κ2) is 26.6. The van der Waals surface area contributed by atoms with Gasteiger partial charge in [-0.05, 0) is 63.2 Å². The van der Waals surface area contributed by atoms with Crippen LogP contribution in [0.5, 0.6) is 23.0 Å². The fourth-order valence-electron chi connectivity index (χ4n) is 2.65. The molecule has 0 saturated carbocycles. The van der Waals surface area contributed by atoms with Crippen molar-refractivity contribution >= 4 is 31.2 Å². The quantitative estimate of drug-likeness (QED) is 0.106. The van der Waals surface area contributed by atoms with Crippen LogP contribution in [0.3, 0.4) is 0 Å². The molecule has 0 spiro atoms. The molecular formula is C28H39BF3O11. The van der Waals surface area contributed by atoms with Crippen LogP contribution in [-0.4, -0.2) is 68.5 Å². The van der Waals surface area contributed by atoms with E-state index in [0.29, 0.717) is 38.7 Å². The Hall–Kier alpha value is -4.27. The maximum atomic E-state index is 11.7. The van der Waals surface area contributed by atoms with Crippen molar-refractivity contribution in [1.82, 2.24) is 0 Å². The van der Waals surface area contributed by atoms with Crippen LogP contribution in [0.1, 0.15) is 73.9 Å². The van der Waals surface area contributed by atoms with Gasteiger partial charge in [-0.1, -0.05) is 13.0 Å². The Balaban J connectivity index is -0.000000519. The van der Waals surface area contributed by atoms with E-state index in [1.807, 2.05) is 0 Å². The van der Waals surface area contributed by atoms with Gasteiger partial charge in [0.15, 0.2) is 5.78 Å². The number of benzene rings is 2. The number of Topliss-reactive ketones (excluding diaryl/α,β-unsaturated/α-hetero) is 1. The average molecular weight is 619 g/mol. The Bertz CT molecular complexity index is 1100. The first-order chi connectivity index (χ1) is 20.2. The van der Waals surface area contributed by atoms with Crippen molar-refractivity contribution in [3.05, 3.63) is 47.0 Å². The van der Waals surface area contributed by atoms with Crippen molar-refractivity contribution in [2.75, 3.05) is 6.61 Å². The molecule has 43 heavy (non-hydrogen) atoms. The van der Waals surface area contributed by atoms with Crippen LogP contribution in [0.4, 0.5) is 13.5 Å². The number of phenols is 4. The van der Waals surface area contributed by atoms with Crippen LogP contribution < -0.4 is 0 Å². The molecule has 241 valence electrons. The summed E-state index contributed by atoms with van der Waals surface area (Å²) in [6.45, 7) is 7.07. The number of rotatable bonds is 6. The van der Waals surface area contributed by atoms with Gasteiger partial charge in [-0.15, -0.1) is 0 Å². The highest BCUT2D eigenvalue weighted by molar-refractivity contribution is 6.25. The molecule has 1 aliphatic heterocycles. The van der Waals surface area contributed by atoms with Gasteiger partial charge in [0.05, 0.1) is 5.56 Å². The zero-order valence-electron chi connectivity index (χ0n) is 24.5. The Kier molecular flexibility index (Phi) is 26.7. The van der Waals surface area contributed by atoms with Crippen LogP contribution in [0.2, 0.25) is 6.32 Å². The van der Waals surface area contributed by atoms with E-state index >= 15 is 0 Å². The van der Waals surface area contributed by atoms with Crippen molar-refractivity contribution in [2.24, 2.45) is 0 Å². The van der Waals surface area contributed by atoms with Gasteiger partial charge in [0.1, 0.15) is 23.0 Å². The van der Waals surface area contributed by atoms with Gasteiger partial charge in [-0.2, -0.15) is 0 Å². The molecule has 1 radical (unpaired) electrons. The summed E-state index contributed by atoms with van der Waals surface area (Å²) in [7, 11) is 0.625. The highest BCUT2D eigenvalue weighted by atomic mass is 20.0. The summed E-state index contributed by atoms with van der Waals surface area (Å²) in [4.78, 5) is 42.4. The summed E-state index contributed by atoms with van der Waals surface area (Å²) in [5.41, 5.74) is 1.38.